The first-order valence-corrected chi connectivity index (χ1v) is 9.14. The molecule has 0 bridgehead atoms. The van der Waals surface area contributed by atoms with Crippen LogP contribution in [-0.2, 0) is 6.42 Å². The summed E-state index contributed by atoms with van der Waals surface area (Å²) in [6.45, 7) is 4.00. The van der Waals surface area contributed by atoms with Crippen molar-refractivity contribution in [3.63, 3.8) is 0 Å². The molecule has 0 N–H and O–H groups in total. The van der Waals surface area contributed by atoms with Crippen molar-refractivity contribution >= 4 is 5.78 Å². The van der Waals surface area contributed by atoms with E-state index in [1.54, 1.807) is 24.7 Å². The van der Waals surface area contributed by atoms with Gasteiger partial charge in [-0.05, 0) is 53.8 Å². The molecule has 0 aliphatic heterocycles. The van der Waals surface area contributed by atoms with Gasteiger partial charge >= 0.3 is 0 Å². The molecule has 2 aromatic heterocycles. The quantitative estimate of drug-likeness (QED) is 0.440. The van der Waals surface area contributed by atoms with Gasteiger partial charge in [0.05, 0.1) is 6.20 Å². The minimum absolute atomic E-state index is 0.108. The zero-order valence-corrected chi connectivity index (χ0v) is 15.8. The number of ketones is 1. The largest absolute Gasteiger partial charge is 0.444 e. The smallest absolute Gasteiger partial charge is 0.181 e. The van der Waals surface area contributed by atoms with Gasteiger partial charge in [-0.15, -0.1) is 0 Å². The van der Waals surface area contributed by atoms with Gasteiger partial charge in [-0.2, -0.15) is 0 Å². The molecule has 0 fully saturated rings. The Hall–Kier alpha value is -3.53. The Morgan fingerprint density at radius 3 is 2.39 bits per heavy atom. The SMILES string of the molecule is Cc1cnccc1C(=O)Cc1ccc(-c2cc(-c3cnco3)ccc2C)cc1. The molecule has 0 saturated heterocycles. The summed E-state index contributed by atoms with van der Waals surface area (Å²) in [4.78, 5) is 20.6. The van der Waals surface area contributed by atoms with Crippen LogP contribution in [0.15, 0.2) is 77.9 Å². The predicted molar refractivity (Wildman–Crippen MR) is 109 cm³/mol. The van der Waals surface area contributed by atoms with Gasteiger partial charge < -0.3 is 4.42 Å². The average molecular weight is 368 g/mol. The van der Waals surface area contributed by atoms with E-state index in [4.69, 9.17) is 4.42 Å². The van der Waals surface area contributed by atoms with Gasteiger partial charge in [-0.3, -0.25) is 9.78 Å². The lowest BCUT2D eigenvalue weighted by Crippen LogP contribution is -2.05. The molecule has 0 saturated carbocycles. The number of rotatable bonds is 5. The molecular formula is C24H20N2O2. The molecule has 0 aliphatic rings. The van der Waals surface area contributed by atoms with Crippen LogP contribution in [0.2, 0.25) is 0 Å². The first-order chi connectivity index (χ1) is 13.6. The minimum atomic E-state index is 0.108. The van der Waals surface area contributed by atoms with E-state index in [9.17, 15) is 4.79 Å². The van der Waals surface area contributed by atoms with Crippen molar-refractivity contribution < 1.29 is 9.21 Å². The standard InChI is InChI=1S/C24H20N2O2/c1-16-3-6-20(24-14-26-15-28-24)12-22(16)19-7-4-18(5-8-19)11-23(27)21-9-10-25-13-17(21)2/h3-10,12-15H,11H2,1-2H3. The van der Waals surface area contributed by atoms with Gasteiger partial charge in [0.25, 0.3) is 0 Å². The van der Waals surface area contributed by atoms with E-state index in [2.05, 4.69) is 41.2 Å². The van der Waals surface area contributed by atoms with Crippen molar-refractivity contribution in [1.82, 2.24) is 9.97 Å². The molecule has 0 aliphatic carbocycles. The topological polar surface area (TPSA) is 56.0 Å². The Morgan fingerprint density at radius 2 is 1.68 bits per heavy atom. The van der Waals surface area contributed by atoms with Gasteiger partial charge in [0, 0.05) is 29.9 Å². The number of nitrogens with zero attached hydrogens (tertiary/aromatic N) is 2. The Bertz CT molecular complexity index is 1110. The van der Waals surface area contributed by atoms with Gasteiger partial charge in [0.15, 0.2) is 17.9 Å². The van der Waals surface area contributed by atoms with Crippen LogP contribution in [0.3, 0.4) is 0 Å². The molecule has 4 heteroatoms. The second kappa shape index (κ2) is 7.61. The number of hydrogen-bond donors (Lipinski definition) is 0. The molecule has 28 heavy (non-hydrogen) atoms. The highest BCUT2D eigenvalue weighted by atomic mass is 16.3. The highest BCUT2D eigenvalue weighted by molar-refractivity contribution is 5.98. The summed E-state index contributed by atoms with van der Waals surface area (Å²) < 4.78 is 5.41. The zero-order chi connectivity index (χ0) is 19.5. The normalized spacial score (nSPS) is 10.8. The van der Waals surface area contributed by atoms with Gasteiger partial charge in [0.2, 0.25) is 0 Å². The van der Waals surface area contributed by atoms with Crippen LogP contribution < -0.4 is 0 Å². The molecular weight excluding hydrogens is 348 g/mol. The number of hydrogen-bond acceptors (Lipinski definition) is 4. The van der Waals surface area contributed by atoms with E-state index in [1.807, 2.05) is 25.1 Å². The van der Waals surface area contributed by atoms with Crippen molar-refractivity contribution in [3.8, 4) is 22.5 Å². The number of aryl methyl sites for hydroxylation is 2. The highest BCUT2D eigenvalue weighted by Crippen LogP contribution is 2.29. The van der Waals surface area contributed by atoms with Crippen molar-refractivity contribution in [2.24, 2.45) is 0 Å². The maximum absolute atomic E-state index is 12.6. The maximum Gasteiger partial charge on any atom is 0.181 e. The Labute approximate surface area is 163 Å². The first-order valence-electron chi connectivity index (χ1n) is 9.14. The van der Waals surface area contributed by atoms with Crippen molar-refractivity contribution in [2.75, 3.05) is 0 Å². The summed E-state index contributed by atoms with van der Waals surface area (Å²) in [5.74, 6) is 0.854. The summed E-state index contributed by atoms with van der Waals surface area (Å²) in [6.07, 6.45) is 6.91. The molecule has 2 aromatic carbocycles. The number of carbonyl (C=O) groups excluding carboxylic acids is 1. The van der Waals surface area contributed by atoms with Crippen molar-refractivity contribution in [2.45, 2.75) is 20.3 Å². The number of pyridine rings is 1. The second-order valence-corrected chi connectivity index (χ2v) is 6.88. The summed E-state index contributed by atoms with van der Waals surface area (Å²) >= 11 is 0. The Balaban J connectivity index is 1.58. The van der Waals surface area contributed by atoms with E-state index in [1.165, 1.54) is 12.0 Å². The number of oxazole rings is 1. The zero-order valence-electron chi connectivity index (χ0n) is 15.8. The third-order valence-corrected chi connectivity index (χ3v) is 4.90. The van der Waals surface area contributed by atoms with Gasteiger partial charge in [-0.25, -0.2) is 4.98 Å². The lowest BCUT2D eigenvalue weighted by molar-refractivity contribution is 0.0992. The molecule has 4 aromatic rings. The summed E-state index contributed by atoms with van der Waals surface area (Å²) in [5, 5.41) is 0. The third-order valence-electron chi connectivity index (χ3n) is 4.90. The summed E-state index contributed by atoms with van der Waals surface area (Å²) in [7, 11) is 0. The van der Waals surface area contributed by atoms with Gasteiger partial charge in [0.1, 0.15) is 0 Å². The highest BCUT2D eigenvalue weighted by Gasteiger charge is 2.11. The van der Waals surface area contributed by atoms with Crippen LogP contribution in [0.25, 0.3) is 22.5 Å². The Kier molecular flexibility index (Phi) is 4.85. The third kappa shape index (κ3) is 3.62. The Morgan fingerprint density at radius 1 is 0.893 bits per heavy atom. The van der Waals surface area contributed by atoms with Crippen LogP contribution in [0.1, 0.15) is 27.0 Å². The lowest BCUT2D eigenvalue weighted by atomic mass is 9.95. The minimum Gasteiger partial charge on any atom is -0.444 e. The molecule has 4 rings (SSSR count). The van der Waals surface area contributed by atoms with Crippen LogP contribution in [0, 0.1) is 13.8 Å². The summed E-state index contributed by atoms with van der Waals surface area (Å²) in [5.41, 5.74) is 7.05. The fourth-order valence-electron chi connectivity index (χ4n) is 3.31. The maximum atomic E-state index is 12.6. The van der Waals surface area contributed by atoms with E-state index in [0.717, 1.165) is 39.1 Å². The molecule has 2 heterocycles. The second-order valence-electron chi connectivity index (χ2n) is 6.88. The van der Waals surface area contributed by atoms with E-state index in [-0.39, 0.29) is 5.78 Å². The average Bonchev–Trinajstić information content (AvgIpc) is 3.24. The molecule has 0 atom stereocenters. The van der Waals surface area contributed by atoms with Crippen LogP contribution in [-0.4, -0.2) is 15.8 Å². The van der Waals surface area contributed by atoms with E-state index < -0.39 is 0 Å². The molecule has 4 nitrogen and oxygen atoms in total. The fraction of sp³-hybridized carbons (Fsp3) is 0.125. The van der Waals surface area contributed by atoms with Crippen LogP contribution >= 0.6 is 0 Å². The molecule has 0 spiro atoms. The number of carbonyl (C=O) groups is 1. The summed E-state index contributed by atoms with van der Waals surface area (Å²) in [6, 6.07) is 16.2. The van der Waals surface area contributed by atoms with Gasteiger partial charge in [-0.1, -0.05) is 36.4 Å². The van der Waals surface area contributed by atoms with Crippen molar-refractivity contribution in [3.05, 3.63) is 95.8 Å². The molecule has 0 radical (unpaired) electrons. The number of Topliss-reactive ketones (excluding diaryl/α,β-unsaturated/α-hetero) is 1. The lowest BCUT2D eigenvalue weighted by Gasteiger charge is -2.10. The van der Waals surface area contributed by atoms with E-state index >= 15 is 0 Å². The van der Waals surface area contributed by atoms with Crippen LogP contribution in [0.4, 0.5) is 0 Å². The van der Waals surface area contributed by atoms with Crippen LogP contribution in [0.5, 0.6) is 0 Å². The van der Waals surface area contributed by atoms with Crippen molar-refractivity contribution in [1.29, 1.82) is 0 Å². The monoisotopic (exact) mass is 368 g/mol. The number of benzene rings is 2. The molecule has 138 valence electrons. The number of aromatic nitrogens is 2. The molecule has 0 unspecified atom stereocenters. The van der Waals surface area contributed by atoms with E-state index in [0.29, 0.717) is 6.42 Å². The first kappa shape index (κ1) is 17.9. The molecule has 0 amide bonds. The fourth-order valence-corrected chi connectivity index (χ4v) is 3.31. The predicted octanol–water partition coefficient (Wildman–Crippen LogP) is 5.45.